The smallest absolute Gasteiger partial charge is 0.288 e. The zero-order chi connectivity index (χ0) is 9.28. The summed E-state index contributed by atoms with van der Waals surface area (Å²) in [7, 11) is -5.38. The third kappa shape index (κ3) is 4.71. The van der Waals surface area contributed by atoms with Gasteiger partial charge in [-0.1, -0.05) is 0 Å². The molecule has 0 rings (SSSR count). The van der Waals surface area contributed by atoms with Crippen LogP contribution in [0.15, 0.2) is 0 Å². The van der Waals surface area contributed by atoms with Crippen LogP contribution < -0.4 is 0 Å². The van der Waals surface area contributed by atoms with E-state index in [9.17, 15) is 30.3 Å². The summed E-state index contributed by atoms with van der Waals surface area (Å²) in [6.07, 6.45) is -5.29. The molecule has 0 saturated heterocycles. The van der Waals surface area contributed by atoms with Gasteiger partial charge in [-0.15, -0.1) is 3.89 Å². The predicted molar refractivity (Wildman–Crippen MR) is 26.0 cm³/mol. The molecule has 0 aromatic rings. The van der Waals surface area contributed by atoms with Gasteiger partial charge in [-0.05, 0) is 0 Å². The second-order valence-corrected chi connectivity index (χ2v) is 2.97. The van der Waals surface area contributed by atoms with Crippen LogP contribution in [-0.2, 0) is 15.0 Å². The molecular formula is C3H2F4O3S. The van der Waals surface area contributed by atoms with Crippen molar-refractivity contribution in [2.45, 2.75) is 6.18 Å². The van der Waals surface area contributed by atoms with Crippen LogP contribution in [0.2, 0.25) is 0 Å². The van der Waals surface area contributed by atoms with Crippen molar-refractivity contribution in [3.8, 4) is 0 Å². The molecule has 0 unspecified atom stereocenters. The molecule has 11 heavy (non-hydrogen) atoms. The molecule has 0 amide bonds. The SMILES string of the molecule is O=C(CS(=O)(=O)F)C(F)(F)F. The Balaban J connectivity index is 4.35. The van der Waals surface area contributed by atoms with Gasteiger partial charge in [0.2, 0.25) is 0 Å². The number of alkyl halides is 3. The quantitative estimate of drug-likeness (QED) is 0.472. The molecule has 0 atom stereocenters. The van der Waals surface area contributed by atoms with Crippen LogP contribution in [0.4, 0.5) is 17.1 Å². The Morgan fingerprint density at radius 3 is 1.73 bits per heavy atom. The zero-order valence-electron chi connectivity index (χ0n) is 4.85. The number of hydrogen-bond donors (Lipinski definition) is 0. The molecule has 0 aromatic heterocycles. The topological polar surface area (TPSA) is 51.2 Å². The minimum atomic E-state index is -5.38. The average Bonchev–Trinajstić information content (AvgIpc) is 1.56. The molecule has 0 saturated carbocycles. The van der Waals surface area contributed by atoms with E-state index in [-0.39, 0.29) is 0 Å². The third-order valence-corrected chi connectivity index (χ3v) is 1.23. The van der Waals surface area contributed by atoms with E-state index in [0.29, 0.717) is 0 Å². The van der Waals surface area contributed by atoms with Gasteiger partial charge in [-0.2, -0.15) is 21.6 Å². The summed E-state index contributed by atoms with van der Waals surface area (Å²) in [6.45, 7) is 0. The van der Waals surface area contributed by atoms with Gasteiger partial charge in [-0.3, -0.25) is 4.79 Å². The van der Waals surface area contributed by atoms with Crippen LogP contribution in [0, 0.1) is 0 Å². The standard InChI is InChI=1S/C3H2F4O3S/c4-3(5,6)2(8)1-11(7,9)10/h1H2. The number of halogens is 4. The van der Waals surface area contributed by atoms with Gasteiger partial charge in [0.05, 0.1) is 0 Å². The van der Waals surface area contributed by atoms with E-state index in [2.05, 4.69) is 0 Å². The van der Waals surface area contributed by atoms with Crippen LogP contribution in [0.3, 0.4) is 0 Å². The molecule has 3 nitrogen and oxygen atoms in total. The monoisotopic (exact) mass is 194 g/mol. The third-order valence-electron chi connectivity index (χ3n) is 0.620. The molecule has 0 heterocycles. The molecule has 0 aliphatic heterocycles. The van der Waals surface area contributed by atoms with Crippen molar-refractivity contribution in [1.29, 1.82) is 0 Å². The van der Waals surface area contributed by atoms with E-state index in [4.69, 9.17) is 0 Å². The van der Waals surface area contributed by atoms with Gasteiger partial charge in [0.1, 0.15) is 5.75 Å². The van der Waals surface area contributed by atoms with Crippen molar-refractivity contribution in [2.75, 3.05) is 5.75 Å². The first-order valence-corrected chi connectivity index (χ1v) is 3.70. The number of hydrogen-bond acceptors (Lipinski definition) is 3. The fraction of sp³-hybridized carbons (Fsp3) is 0.667. The summed E-state index contributed by atoms with van der Waals surface area (Å²) in [5, 5.41) is 0. The summed E-state index contributed by atoms with van der Waals surface area (Å²) >= 11 is 0. The van der Waals surface area contributed by atoms with Crippen LogP contribution in [0.1, 0.15) is 0 Å². The van der Waals surface area contributed by atoms with Crippen LogP contribution in [0.25, 0.3) is 0 Å². The molecule has 66 valence electrons. The predicted octanol–water partition coefficient (Wildman–Crippen LogP) is 0.417. The van der Waals surface area contributed by atoms with Gasteiger partial charge in [-0.25, -0.2) is 0 Å². The normalized spacial score (nSPS) is 13.1. The fourth-order valence-corrected chi connectivity index (χ4v) is 0.715. The lowest BCUT2D eigenvalue weighted by Crippen LogP contribution is -2.28. The van der Waals surface area contributed by atoms with E-state index in [1.54, 1.807) is 0 Å². The Bertz CT molecular complexity index is 250. The number of Topliss-reactive ketones (excluding diaryl/α,β-unsaturated/α-hetero) is 1. The number of carbonyl (C=O) groups is 1. The van der Waals surface area contributed by atoms with Gasteiger partial charge in [0.25, 0.3) is 5.78 Å². The second kappa shape index (κ2) is 2.76. The van der Waals surface area contributed by atoms with Crippen LogP contribution in [0.5, 0.6) is 0 Å². The van der Waals surface area contributed by atoms with Crippen molar-refractivity contribution in [3.05, 3.63) is 0 Å². The van der Waals surface area contributed by atoms with Crippen LogP contribution >= 0.6 is 0 Å². The largest absolute Gasteiger partial charge is 0.451 e. The summed E-state index contributed by atoms with van der Waals surface area (Å²) in [6, 6.07) is 0. The zero-order valence-corrected chi connectivity index (χ0v) is 5.67. The Hall–Kier alpha value is -0.660. The molecule has 0 radical (unpaired) electrons. The summed E-state index contributed by atoms with van der Waals surface area (Å²) < 4.78 is 64.0. The fourth-order valence-electron chi connectivity index (χ4n) is 0.238. The number of ketones is 1. The lowest BCUT2D eigenvalue weighted by atomic mass is 10.4. The Labute approximate surface area is 59.2 Å². The van der Waals surface area contributed by atoms with Crippen molar-refractivity contribution in [2.24, 2.45) is 0 Å². The maximum Gasteiger partial charge on any atom is 0.451 e. The molecule has 0 spiro atoms. The molecule has 8 heteroatoms. The van der Waals surface area contributed by atoms with Crippen molar-refractivity contribution >= 4 is 16.0 Å². The van der Waals surface area contributed by atoms with E-state index in [1.165, 1.54) is 0 Å². The minimum Gasteiger partial charge on any atom is -0.288 e. The molecule has 0 aliphatic carbocycles. The van der Waals surface area contributed by atoms with Crippen molar-refractivity contribution in [1.82, 2.24) is 0 Å². The molecule has 0 aliphatic rings. The van der Waals surface area contributed by atoms with E-state index < -0.39 is 27.9 Å². The van der Waals surface area contributed by atoms with Gasteiger partial charge in [0, 0.05) is 0 Å². The minimum absolute atomic E-state index is 2.14. The molecule has 0 bridgehead atoms. The second-order valence-electron chi connectivity index (χ2n) is 1.60. The highest BCUT2D eigenvalue weighted by molar-refractivity contribution is 7.87. The summed E-state index contributed by atoms with van der Waals surface area (Å²) in [5.74, 6) is -4.75. The first-order valence-electron chi connectivity index (χ1n) is 2.15. The molecular weight excluding hydrogens is 192 g/mol. The highest BCUT2D eigenvalue weighted by Crippen LogP contribution is 2.16. The lowest BCUT2D eigenvalue weighted by molar-refractivity contribution is -0.168. The number of carbonyl (C=O) groups excluding carboxylic acids is 1. The first kappa shape index (κ1) is 10.3. The van der Waals surface area contributed by atoms with E-state index in [1.807, 2.05) is 0 Å². The first-order chi connectivity index (χ1) is 4.63. The Kier molecular flexibility index (Phi) is 2.60. The maximum absolute atomic E-state index is 11.4. The van der Waals surface area contributed by atoms with Crippen molar-refractivity contribution in [3.63, 3.8) is 0 Å². The molecule has 0 N–H and O–H groups in total. The average molecular weight is 194 g/mol. The summed E-state index contributed by atoms with van der Waals surface area (Å²) in [5.41, 5.74) is 0. The van der Waals surface area contributed by atoms with Gasteiger partial charge >= 0.3 is 16.4 Å². The van der Waals surface area contributed by atoms with E-state index in [0.717, 1.165) is 0 Å². The Morgan fingerprint density at radius 2 is 1.64 bits per heavy atom. The summed E-state index contributed by atoms with van der Waals surface area (Å²) in [4.78, 5) is 9.74. The Morgan fingerprint density at radius 1 is 1.27 bits per heavy atom. The molecule has 0 fully saturated rings. The molecule has 0 aromatic carbocycles. The lowest BCUT2D eigenvalue weighted by Gasteiger charge is -2.00. The van der Waals surface area contributed by atoms with Gasteiger partial charge < -0.3 is 0 Å². The van der Waals surface area contributed by atoms with Crippen molar-refractivity contribution < 1.29 is 30.3 Å². The van der Waals surface area contributed by atoms with E-state index >= 15 is 0 Å². The number of rotatable bonds is 2. The maximum atomic E-state index is 11.4. The van der Waals surface area contributed by atoms with Crippen LogP contribution in [-0.4, -0.2) is 26.1 Å². The van der Waals surface area contributed by atoms with Gasteiger partial charge in [0.15, 0.2) is 0 Å². The highest BCUT2D eigenvalue weighted by Gasteiger charge is 2.40. The highest BCUT2D eigenvalue weighted by atomic mass is 32.3.